The molecule has 0 aromatic carbocycles. The fourth-order valence-electron chi connectivity index (χ4n) is 7.51. The van der Waals surface area contributed by atoms with Crippen LogP contribution in [0.2, 0.25) is 0 Å². The molecule has 6 heteroatoms. The molecule has 0 aliphatic heterocycles. The van der Waals surface area contributed by atoms with E-state index < -0.39 is 12.1 Å². The van der Waals surface area contributed by atoms with Crippen molar-refractivity contribution in [1.82, 2.24) is 5.32 Å². The Labute approximate surface area is 360 Å². The number of allylic oxidation sites excluding steroid dienone is 6. The Morgan fingerprint density at radius 2 is 0.879 bits per heavy atom. The number of hydrogen-bond acceptors (Lipinski definition) is 5. The molecule has 3 N–H and O–H groups in total. The van der Waals surface area contributed by atoms with Crippen molar-refractivity contribution in [3.63, 3.8) is 0 Å². The predicted molar refractivity (Wildman–Crippen MR) is 250 cm³/mol. The third kappa shape index (κ3) is 43.7. The van der Waals surface area contributed by atoms with E-state index in [0.717, 1.165) is 51.4 Å². The molecule has 0 saturated carbocycles. The van der Waals surface area contributed by atoms with E-state index in [-0.39, 0.29) is 18.5 Å². The standard InChI is InChI=1S/C52H97NO5/c1-3-5-7-9-11-13-15-17-18-22-26-30-34-38-42-46-52(57)58-47-43-39-35-31-27-23-19-21-25-29-33-37-41-45-51(56)53-49(48-54)50(55)44-40-36-32-28-24-20-16-14-12-10-8-6-4-2/h17-18,21,25,33,37,49-50,54-55H,3-16,19-20,22-24,26-32,34-36,38-48H2,1-2H3,(H,53,56)/b18-17-,25-21-,37-33-. The number of nitrogens with one attached hydrogen (secondary N) is 1. The van der Waals surface area contributed by atoms with Gasteiger partial charge in [-0.2, -0.15) is 0 Å². The van der Waals surface area contributed by atoms with Crippen molar-refractivity contribution >= 4 is 11.9 Å². The largest absolute Gasteiger partial charge is 0.466 e. The van der Waals surface area contributed by atoms with Gasteiger partial charge in [0.15, 0.2) is 0 Å². The molecule has 0 radical (unpaired) electrons. The summed E-state index contributed by atoms with van der Waals surface area (Å²) in [6, 6.07) is -0.585. The number of unbranched alkanes of at least 4 members (excludes halogenated alkanes) is 29. The van der Waals surface area contributed by atoms with Gasteiger partial charge in [0.2, 0.25) is 5.91 Å². The first kappa shape index (κ1) is 56.1. The normalized spacial score (nSPS) is 13.0. The van der Waals surface area contributed by atoms with Crippen molar-refractivity contribution in [2.75, 3.05) is 13.2 Å². The van der Waals surface area contributed by atoms with Crippen molar-refractivity contribution in [3.8, 4) is 0 Å². The topological polar surface area (TPSA) is 95.9 Å². The fourth-order valence-corrected chi connectivity index (χ4v) is 7.51. The Hall–Kier alpha value is -1.92. The minimum atomic E-state index is -0.698. The molecule has 340 valence electrons. The van der Waals surface area contributed by atoms with Gasteiger partial charge in [0, 0.05) is 12.8 Å². The molecule has 0 aliphatic carbocycles. The summed E-state index contributed by atoms with van der Waals surface area (Å²) in [5.41, 5.74) is 0. The molecule has 0 aliphatic rings. The first-order valence-electron chi connectivity index (χ1n) is 25.2. The van der Waals surface area contributed by atoms with Crippen LogP contribution in [0.5, 0.6) is 0 Å². The number of esters is 1. The van der Waals surface area contributed by atoms with Crippen LogP contribution in [0.3, 0.4) is 0 Å². The van der Waals surface area contributed by atoms with Crippen LogP contribution in [0.15, 0.2) is 36.5 Å². The van der Waals surface area contributed by atoms with Crippen molar-refractivity contribution in [1.29, 1.82) is 0 Å². The van der Waals surface area contributed by atoms with E-state index in [4.69, 9.17) is 4.74 Å². The first-order valence-corrected chi connectivity index (χ1v) is 25.2. The monoisotopic (exact) mass is 816 g/mol. The third-order valence-corrected chi connectivity index (χ3v) is 11.4. The van der Waals surface area contributed by atoms with E-state index in [1.165, 1.54) is 167 Å². The van der Waals surface area contributed by atoms with E-state index in [2.05, 4.69) is 49.5 Å². The van der Waals surface area contributed by atoms with E-state index in [1.807, 2.05) is 6.08 Å². The molecule has 0 bridgehead atoms. The van der Waals surface area contributed by atoms with Crippen molar-refractivity contribution < 1.29 is 24.5 Å². The zero-order valence-electron chi connectivity index (χ0n) is 38.5. The van der Waals surface area contributed by atoms with Gasteiger partial charge < -0.3 is 20.3 Å². The molecule has 58 heavy (non-hydrogen) atoms. The number of amides is 1. The van der Waals surface area contributed by atoms with Crippen LogP contribution in [0.1, 0.15) is 258 Å². The number of carbonyl (C=O) groups excluding carboxylic acids is 2. The molecule has 6 nitrogen and oxygen atoms in total. The summed E-state index contributed by atoms with van der Waals surface area (Å²) in [7, 11) is 0. The first-order chi connectivity index (χ1) is 28.5. The SMILES string of the molecule is CCCCCCCC/C=C\CCCCCCCC(=O)OCCCCCCCC/C=C\C/C=C\CCC(=O)NC(CO)C(O)CCCCCCCCCCCCCCC. The Balaban J connectivity index is 3.56. The molecular formula is C52H97NO5. The summed E-state index contributed by atoms with van der Waals surface area (Å²) < 4.78 is 5.44. The van der Waals surface area contributed by atoms with Gasteiger partial charge >= 0.3 is 5.97 Å². The summed E-state index contributed by atoms with van der Waals surface area (Å²) in [4.78, 5) is 24.4. The van der Waals surface area contributed by atoms with Gasteiger partial charge in [-0.15, -0.1) is 0 Å². The van der Waals surface area contributed by atoms with Crippen LogP contribution in [0, 0.1) is 0 Å². The molecule has 0 rings (SSSR count). The van der Waals surface area contributed by atoms with Gasteiger partial charge in [0.05, 0.1) is 25.4 Å². The molecule has 0 heterocycles. The maximum atomic E-state index is 12.4. The Morgan fingerprint density at radius 3 is 1.36 bits per heavy atom. The number of aliphatic hydroxyl groups excluding tert-OH is 2. The number of carbonyl (C=O) groups is 2. The number of hydrogen-bond donors (Lipinski definition) is 3. The molecule has 0 aromatic heterocycles. The van der Waals surface area contributed by atoms with Crippen LogP contribution >= 0.6 is 0 Å². The number of rotatable bonds is 46. The summed E-state index contributed by atoms with van der Waals surface area (Å²) in [5, 5.41) is 23.1. The second-order valence-electron chi connectivity index (χ2n) is 17.1. The van der Waals surface area contributed by atoms with Gasteiger partial charge in [0.25, 0.3) is 0 Å². The highest BCUT2D eigenvalue weighted by atomic mass is 16.5. The average molecular weight is 816 g/mol. The van der Waals surface area contributed by atoms with Gasteiger partial charge in [-0.1, -0.05) is 211 Å². The third-order valence-electron chi connectivity index (χ3n) is 11.4. The van der Waals surface area contributed by atoms with Crippen molar-refractivity contribution in [3.05, 3.63) is 36.5 Å². The minimum absolute atomic E-state index is 0.0255. The highest BCUT2D eigenvalue weighted by Gasteiger charge is 2.19. The summed E-state index contributed by atoms with van der Waals surface area (Å²) in [6.07, 6.45) is 56.9. The molecule has 0 saturated heterocycles. The summed E-state index contributed by atoms with van der Waals surface area (Å²) >= 11 is 0. The Bertz CT molecular complexity index is 946. The molecule has 0 aromatic rings. The second kappa shape index (κ2) is 47.8. The Kier molecular flexibility index (Phi) is 46.2. The van der Waals surface area contributed by atoms with Gasteiger partial charge in [-0.3, -0.25) is 9.59 Å². The Morgan fingerprint density at radius 1 is 0.483 bits per heavy atom. The number of ether oxygens (including phenoxy) is 1. The van der Waals surface area contributed by atoms with Crippen LogP contribution in [-0.2, 0) is 14.3 Å². The molecule has 2 unspecified atom stereocenters. The highest BCUT2D eigenvalue weighted by molar-refractivity contribution is 5.76. The minimum Gasteiger partial charge on any atom is -0.466 e. The fraction of sp³-hybridized carbons (Fsp3) is 0.846. The van der Waals surface area contributed by atoms with Gasteiger partial charge in [0.1, 0.15) is 0 Å². The zero-order valence-corrected chi connectivity index (χ0v) is 38.5. The van der Waals surface area contributed by atoms with E-state index in [9.17, 15) is 19.8 Å². The van der Waals surface area contributed by atoms with Crippen molar-refractivity contribution in [2.24, 2.45) is 0 Å². The molecular weight excluding hydrogens is 719 g/mol. The molecule has 0 fully saturated rings. The maximum Gasteiger partial charge on any atom is 0.305 e. The van der Waals surface area contributed by atoms with E-state index in [1.54, 1.807) is 0 Å². The number of aliphatic hydroxyl groups is 2. The quantitative estimate of drug-likeness (QED) is 0.0323. The maximum absolute atomic E-state index is 12.4. The predicted octanol–water partition coefficient (Wildman–Crippen LogP) is 14.9. The molecule has 0 spiro atoms. The van der Waals surface area contributed by atoms with E-state index >= 15 is 0 Å². The summed E-state index contributed by atoms with van der Waals surface area (Å²) in [6.45, 7) is 4.87. The highest BCUT2D eigenvalue weighted by Crippen LogP contribution is 2.15. The lowest BCUT2D eigenvalue weighted by atomic mass is 10.0. The zero-order chi connectivity index (χ0) is 42.3. The molecule has 1 amide bonds. The lowest BCUT2D eigenvalue weighted by Crippen LogP contribution is -2.45. The van der Waals surface area contributed by atoms with Crippen molar-refractivity contribution in [2.45, 2.75) is 270 Å². The van der Waals surface area contributed by atoms with Gasteiger partial charge in [-0.05, 0) is 70.6 Å². The summed E-state index contributed by atoms with van der Waals surface area (Å²) in [5.74, 6) is -0.142. The lowest BCUT2D eigenvalue weighted by Gasteiger charge is -2.22. The lowest BCUT2D eigenvalue weighted by molar-refractivity contribution is -0.143. The van der Waals surface area contributed by atoms with E-state index in [0.29, 0.717) is 32.3 Å². The molecule has 2 atom stereocenters. The average Bonchev–Trinajstić information content (AvgIpc) is 3.22. The van der Waals surface area contributed by atoms with Crippen LogP contribution in [0.4, 0.5) is 0 Å². The van der Waals surface area contributed by atoms with Crippen LogP contribution in [0.25, 0.3) is 0 Å². The smallest absolute Gasteiger partial charge is 0.305 e. The second-order valence-corrected chi connectivity index (χ2v) is 17.1. The van der Waals surface area contributed by atoms with Gasteiger partial charge in [-0.25, -0.2) is 0 Å². The van der Waals surface area contributed by atoms with Crippen LogP contribution in [-0.4, -0.2) is 47.4 Å². The van der Waals surface area contributed by atoms with Crippen LogP contribution < -0.4 is 5.32 Å².